The number of rotatable bonds is 2. The van der Waals surface area contributed by atoms with Crippen molar-refractivity contribution in [2.75, 3.05) is 0 Å². The highest BCUT2D eigenvalue weighted by molar-refractivity contribution is 6.33. The van der Waals surface area contributed by atoms with E-state index in [2.05, 4.69) is 0 Å². The first-order valence-electron chi connectivity index (χ1n) is 4.83. The van der Waals surface area contributed by atoms with Crippen LogP contribution in [-0.4, -0.2) is 10.7 Å². The van der Waals surface area contributed by atoms with Crippen LogP contribution in [0.5, 0.6) is 0 Å². The maximum absolute atomic E-state index is 11.4. The summed E-state index contributed by atoms with van der Waals surface area (Å²) in [6.07, 6.45) is 0. The second-order valence-electron chi connectivity index (χ2n) is 3.60. The van der Waals surface area contributed by atoms with Gasteiger partial charge in [0.25, 0.3) is 5.69 Å². The number of carbonyl (C=O) groups excluding carboxylic acids is 1. The van der Waals surface area contributed by atoms with Crippen molar-refractivity contribution in [3.05, 3.63) is 49.3 Å². The lowest BCUT2D eigenvalue weighted by atomic mass is 10.1. The van der Waals surface area contributed by atoms with Crippen LogP contribution in [0.3, 0.4) is 0 Å². The number of hydrogen-bond acceptors (Lipinski definition) is 5. The number of nitro groups is 1. The van der Waals surface area contributed by atoms with E-state index in [0.717, 1.165) is 6.07 Å². The van der Waals surface area contributed by atoms with E-state index in [9.17, 15) is 19.7 Å². The van der Waals surface area contributed by atoms with Gasteiger partial charge in [-0.25, -0.2) is 4.79 Å². The van der Waals surface area contributed by atoms with Crippen molar-refractivity contribution in [1.82, 2.24) is 0 Å². The van der Waals surface area contributed by atoms with E-state index in [1.165, 1.54) is 19.1 Å². The molecule has 0 spiro atoms. The Balaban J connectivity index is 2.83. The van der Waals surface area contributed by atoms with Gasteiger partial charge in [0.05, 0.1) is 4.92 Å². The molecular formula is C11H6ClNO5. The van der Waals surface area contributed by atoms with Crippen LogP contribution in [0.25, 0.3) is 11.0 Å². The molecule has 0 atom stereocenters. The standard InChI is InChI=1S/C11H6ClNO5/c1-5(14)7-2-6-3-9(13(16)17)8(12)4-10(6)18-11(7)15/h2-4H,1H3. The van der Waals surface area contributed by atoms with Gasteiger partial charge in [-0.05, 0) is 13.0 Å². The Hall–Kier alpha value is -2.21. The van der Waals surface area contributed by atoms with Gasteiger partial charge in [-0.3, -0.25) is 14.9 Å². The summed E-state index contributed by atoms with van der Waals surface area (Å²) in [4.78, 5) is 32.7. The number of hydrogen-bond donors (Lipinski definition) is 0. The zero-order valence-electron chi connectivity index (χ0n) is 9.10. The molecule has 1 aromatic carbocycles. The molecule has 0 saturated carbocycles. The van der Waals surface area contributed by atoms with E-state index >= 15 is 0 Å². The predicted molar refractivity (Wildman–Crippen MR) is 64.2 cm³/mol. The van der Waals surface area contributed by atoms with E-state index in [4.69, 9.17) is 16.0 Å². The summed E-state index contributed by atoms with van der Waals surface area (Å²) in [7, 11) is 0. The van der Waals surface area contributed by atoms with Crippen LogP contribution < -0.4 is 5.63 Å². The van der Waals surface area contributed by atoms with Crippen LogP contribution in [0, 0.1) is 10.1 Å². The molecule has 0 aliphatic heterocycles. The highest BCUT2D eigenvalue weighted by atomic mass is 35.5. The monoisotopic (exact) mass is 267 g/mol. The van der Waals surface area contributed by atoms with E-state index in [1.54, 1.807) is 0 Å². The molecule has 1 aromatic heterocycles. The lowest BCUT2D eigenvalue weighted by Gasteiger charge is -2.00. The van der Waals surface area contributed by atoms with Crippen molar-refractivity contribution >= 4 is 34.0 Å². The van der Waals surface area contributed by atoms with Crippen LogP contribution in [0.1, 0.15) is 17.3 Å². The summed E-state index contributed by atoms with van der Waals surface area (Å²) in [5.74, 6) is -0.469. The molecule has 7 heteroatoms. The fraction of sp³-hybridized carbons (Fsp3) is 0.0909. The summed E-state index contributed by atoms with van der Waals surface area (Å²) in [5, 5.41) is 10.9. The molecule has 0 N–H and O–H groups in total. The average molecular weight is 268 g/mol. The lowest BCUT2D eigenvalue weighted by Crippen LogP contribution is -2.11. The number of fused-ring (bicyclic) bond motifs is 1. The van der Waals surface area contributed by atoms with E-state index in [0.29, 0.717) is 0 Å². The Labute approximate surface area is 105 Å². The number of nitrogens with zero attached hydrogens (tertiary/aromatic N) is 1. The Morgan fingerprint density at radius 2 is 2.06 bits per heavy atom. The maximum atomic E-state index is 11.4. The van der Waals surface area contributed by atoms with Crippen LogP contribution >= 0.6 is 11.6 Å². The van der Waals surface area contributed by atoms with Crippen molar-refractivity contribution in [2.45, 2.75) is 6.92 Å². The Morgan fingerprint density at radius 3 is 2.61 bits per heavy atom. The maximum Gasteiger partial charge on any atom is 0.347 e. The van der Waals surface area contributed by atoms with Gasteiger partial charge in [0.15, 0.2) is 5.78 Å². The van der Waals surface area contributed by atoms with Gasteiger partial charge in [-0.2, -0.15) is 0 Å². The second-order valence-corrected chi connectivity index (χ2v) is 4.01. The molecule has 92 valence electrons. The fourth-order valence-electron chi connectivity index (χ4n) is 1.52. The molecule has 1 heterocycles. The van der Waals surface area contributed by atoms with Gasteiger partial charge in [0.2, 0.25) is 0 Å². The molecule has 6 nitrogen and oxygen atoms in total. The minimum absolute atomic E-state index is 0.0978. The molecule has 2 rings (SSSR count). The first-order chi connectivity index (χ1) is 8.40. The van der Waals surface area contributed by atoms with Crippen molar-refractivity contribution in [3.8, 4) is 0 Å². The topological polar surface area (TPSA) is 90.4 Å². The predicted octanol–water partition coefficient (Wildman–Crippen LogP) is 2.56. The van der Waals surface area contributed by atoms with Gasteiger partial charge in [-0.15, -0.1) is 0 Å². The second kappa shape index (κ2) is 4.23. The third kappa shape index (κ3) is 1.98. The fourth-order valence-corrected chi connectivity index (χ4v) is 1.74. The van der Waals surface area contributed by atoms with Gasteiger partial charge in [0.1, 0.15) is 16.2 Å². The molecule has 0 unspecified atom stereocenters. The number of carbonyl (C=O) groups is 1. The Bertz CT molecular complexity index is 734. The van der Waals surface area contributed by atoms with Crippen LogP contribution in [-0.2, 0) is 0 Å². The van der Waals surface area contributed by atoms with Crippen LogP contribution in [0.4, 0.5) is 5.69 Å². The Morgan fingerprint density at radius 1 is 1.39 bits per heavy atom. The molecule has 0 fully saturated rings. The number of Topliss-reactive ketones (excluding diaryl/α,β-unsaturated/α-hetero) is 1. The first-order valence-corrected chi connectivity index (χ1v) is 5.20. The zero-order valence-corrected chi connectivity index (χ0v) is 9.85. The largest absolute Gasteiger partial charge is 0.422 e. The third-order valence-electron chi connectivity index (χ3n) is 2.38. The molecule has 0 aliphatic rings. The molecule has 0 bridgehead atoms. The van der Waals surface area contributed by atoms with E-state index < -0.39 is 16.3 Å². The van der Waals surface area contributed by atoms with Crippen molar-refractivity contribution < 1.29 is 14.1 Å². The highest BCUT2D eigenvalue weighted by Crippen LogP contribution is 2.29. The van der Waals surface area contributed by atoms with E-state index in [1.807, 2.05) is 0 Å². The minimum Gasteiger partial charge on any atom is -0.422 e. The quantitative estimate of drug-likeness (QED) is 0.361. The Kier molecular flexibility index (Phi) is 2.88. The highest BCUT2D eigenvalue weighted by Gasteiger charge is 2.17. The molecule has 0 saturated heterocycles. The molecule has 18 heavy (non-hydrogen) atoms. The average Bonchev–Trinajstić information content (AvgIpc) is 2.26. The zero-order chi connectivity index (χ0) is 13.4. The summed E-state index contributed by atoms with van der Waals surface area (Å²) in [6.45, 7) is 1.21. The number of benzene rings is 1. The molecular weight excluding hydrogens is 262 g/mol. The minimum atomic E-state index is -0.792. The van der Waals surface area contributed by atoms with Gasteiger partial charge >= 0.3 is 5.63 Å². The van der Waals surface area contributed by atoms with Gasteiger partial charge in [-0.1, -0.05) is 11.6 Å². The van der Waals surface area contributed by atoms with E-state index in [-0.39, 0.29) is 27.2 Å². The lowest BCUT2D eigenvalue weighted by molar-refractivity contribution is -0.384. The molecule has 0 amide bonds. The van der Waals surface area contributed by atoms with Crippen molar-refractivity contribution in [2.24, 2.45) is 0 Å². The van der Waals surface area contributed by atoms with Gasteiger partial charge < -0.3 is 4.42 Å². The van der Waals surface area contributed by atoms with Crippen LogP contribution in [0.2, 0.25) is 5.02 Å². The van der Waals surface area contributed by atoms with Gasteiger partial charge in [0, 0.05) is 17.5 Å². The molecule has 0 radical (unpaired) electrons. The third-order valence-corrected chi connectivity index (χ3v) is 2.68. The summed E-state index contributed by atoms with van der Waals surface area (Å²) >= 11 is 5.68. The van der Waals surface area contributed by atoms with Crippen molar-refractivity contribution in [1.29, 1.82) is 0 Å². The first kappa shape index (κ1) is 12.3. The SMILES string of the molecule is CC(=O)c1cc2cc([N+](=O)[O-])c(Cl)cc2oc1=O. The molecule has 0 aliphatic carbocycles. The van der Waals surface area contributed by atoms with Crippen molar-refractivity contribution in [3.63, 3.8) is 0 Å². The number of ketones is 1. The van der Waals surface area contributed by atoms with Crippen LogP contribution in [0.15, 0.2) is 27.4 Å². The summed E-state index contributed by atoms with van der Waals surface area (Å²) in [5.41, 5.74) is -1.16. The number of nitro benzene ring substituents is 1. The normalized spacial score (nSPS) is 10.6. The summed E-state index contributed by atoms with van der Waals surface area (Å²) < 4.78 is 4.89. The smallest absolute Gasteiger partial charge is 0.347 e. The molecule has 2 aromatic rings. The summed E-state index contributed by atoms with van der Waals surface area (Å²) in [6, 6.07) is 3.60. The number of halogens is 1.